The number of hydrogen-bond acceptors (Lipinski definition) is 2. The van der Waals surface area contributed by atoms with E-state index in [1.54, 1.807) is 0 Å². The summed E-state index contributed by atoms with van der Waals surface area (Å²) in [7, 11) is 0. The first kappa shape index (κ1) is 9.53. The van der Waals surface area contributed by atoms with Gasteiger partial charge in [-0.25, -0.2) is 0 Å². The summed E-state index contributed by atoms with van der Waals surface area (Å²) in [6.07, 6.45) is 0.754. The van der Waals surface area contributed by atoms with E-state index in [9.17, 15) is 5.11 Å². The maximum absolute atomic E-state index is 9.44. The molecule has 0 bridgehead atoms. The standard InChI is InChI=1S/C12H17NO/c1-9-3-4-11(7-10(9)2)13-6-5-12(14)8-13/h3-4,7,12,14H,5-6,8H2,1-2H3/t12-/m1/s1. The first-order valence-electron chi connectivity index (χ1n) is 5.17. The molecule has 76 valence electrons. The lowest BCUT2D eigenvalue weighted by Crippen LogP contribution is -2.21. The summed E-state index contributed by atoms with van der Waals surface area (Å²) in [5.74, 6) is 0. The highest BCUT2D eigenvalue weighted by molar-refractivity contribution is 5.51. The van der Waals surface area contributed by atoms with Crippen molar-refractivity contribution in [2.45, 2.75) is 26.4 Å². The summed E-state index contributed by atoms with van der Waals surface area (Å²) < 4.78 is 0. The van der Waals surface area contributed by atoms with E-state index in [0.29, 0.717) is 0 Å². The molecule has 1 aromatic rings. The first-order valence-corrected chi connectivity index (χ1v) is 5.17. The fourth-order valence-corrected chi connectivity index (χ4v) is 1.90. The van der Waals surface area contributed by atoms with Crippen LogP contribution in [0.25, 0.3) is 0 Å². The minimum Gasteiger partial charge on any atom is -0.391 e. The van der Waals surface area contributed by atoms with E-state index in [0.717, 1.165) is 19.5 Å². The molecule has 14 heavy (non-hydrogen) atoms. The van der Waals surface area contributed by atoms with Gasteiger partial charge in [-0.3, -0.25) is 0 Å². The SMILES string of the molecule is Cc1ccc(N2CC[C@@H](O)C2)cc1C. The van der Waals surface area contributed by atoms with Crippen LogP contribution in [0.5, 0.6) is 0 Å². The average molecular weight is 191 g/mol. The molecule has 0 unspecified atom stereocenters. The van der Waals surface area contributed by atoms with Crippen LogP contribution in [-0.4, -0.2) is 24.3 Å². The Morgan fingerprint density at radius 3 is 2.64 bits per heavy atom. The predicted molar refractivity (Wildman–Crippen MR) is 58.8 cm³/mol. The number of aliphatic hydroxyl groups is 1. The van der Waals surface area contributed by atoms with Gasteiger partial charge in [0.2, 0.25) is 0 Å². The molecule has 1 aliphatic heterocycles. The van der Waals surface area contributed by atoms with Gasteiger partial charge in [-0.2, -0.15) is 0 Å². The molecule has 0 spiro atoms. The molecular formula is C12H17NO. The van der Waals surface area contributed by atoms with Crippen LogP contribution in [0.2, 0.25) is 0 Å². The van der Waals surface area contributed by atoms with Gasteiger partial charge >= 0.3 is 0 Å². The van der Waals surface area contributed by atoms with Gasteiger partial charge in [0, 0.05) is 18.8 Å². The van der Waals surface area contributed by atoms with Gasteiger partial charge in [0.15, 0.2) is 0 Å². The molecule has 1 atom stereocenters. The molecule has 2 nitrogen and oxygen atoms in total. The van der Waals surface area contributed by atoms with Crippen LogP contribution in [-0.2, 0) is 0 Å². The molecule has 1 aliphatic rings. The Morgan fingerprint density at radius 1 is 1.29 bits per heavy atom. The Bertz CT molecular complexity index is 335. The van der Waals surface area contributed by atoms with E-state index in [2.05, 4.69) is 36.9 Å². The van der Waals surface area contributed by atoms with Crippen molar-refractivity contribution >= 4 is 5.69 Å². The minimum absolute atomic E-state index is 0.142. The normalized spacial score (nSPS) is 21.6. The molecule has 2 rings (SSSR count). The number of hydrogen-bond donors (Lipinski definition) is 1. The largest absolute Gasteiger partial charge is 0.391 e. The number of aryl methyl sites for hydroxylation is 2. The second kappa shape index (κ2) is 3.62. The highest BCUT2D eigenvalue weighted by Crippen LogP contribution is 2.22. The molecule has 1 heterocycles. The smallest absolute Gasteiger partial charge is 0.0731 e. The van der Waals surface area contributed by atoms with Gasteiger partial charge < -0.3 is 10.0 Å². The van der Waals surface area contributed by atoms with Gasteiger partial charge in [0.25, 0.3) is 0 Å². The molecule has 2 heteroatoms. The molecular weight excluding hydrogens is 174 g/mol. The van der Waals surface area contributed by atoms with Crippen LogP contribution in [0.15, 0.2) is 18.2 Å². The number of rotatable bonds is 1. The van der Waals surface area contributed by atoms with Crippen molar-refractivity contribution in [3.8, 4) is 0 Å². The van der Waals surface area contributed by atoms with Gasteiger partial charge in [0.1, 0.15) is 0 Å². The molecule has 1 fully saturated rings. The molecule has 0 aromatic heterocycles. The Hall–Kier alpha value is -1.02. The van der Waals surface area contributed by atoms with Gasteiger partial charge in [0.05, 0.1) is 6.10 Å². The number of β-amino-alcohol motifs (C(OH)–C–C–N with tert-alkyl or cyclic N) is 1. The maximum Gasteiger partial charge on any atom is 0.0731 e. The van der Waals surface area contributed by atoms with E-state index < -0.39 is 0 Å². The molecule has 0 radical (unpaired) electrons. The second-order valence-corrected chi connectivity index (χ2v) is 4.16. The average Bonchev–Trinajstić information content (AvgIpc) is 2.57. The van der Waals surface area contributed by atoms with Crippen LogP contribution in [0.4, 0.5) is 5.69 Å². The van der Waals surface area contributed by atoms with Crippen molar-refractivity contribution < 1.29 is 5.11 Å². The van der Waals surface area contributed by atoms with Crippen molar-refractivity contribution in [1.29, 1.82) is 0 Å². The Morgan fingerprint density at radius 2 is 2.07 bits per heavy atom. The molecule has 0 aliphatic carbocycles. The lowest BCUT2D eigenvalue weighted by Gasteiger charge is -2.18. The van der Waals surface area contributed by atoms with Crippen LogP contribution in [0.1, 0.15) is 17.5 Å². The van der Waals surface area contributed by atoms with Crippen LogP contribution in [0.3, 0.4) is 0 Å². The highest BCUT2D eigenvalue weighted by atomic mass is 16.3. The van der Waals surface area contributed by atoms with Crippen molar-refractivity contribution in [2.24, 2.45) is 0 Å². The molecule has 1 aromatic carbocycles. The van der Waals surface area contributed by atoms with Crippen LogP contribution >= 0.6 is 0 Å². The van der Waals surface area contributed by atoms with Crippen LogP contribution < -0.4 is 4.90 Å². The Balaban J connectivity index is 2.20. The number of anilines is 1. The van der Waals surface area contributed by atoms with Gasteiger partial charge in [-0.15, -0.1) is 0 Å². The summed E-state index contributed by atoms with van der Waals surface area (Å²) in [4.78, 5) is 2.25. The molecule has 1 saturated heterocycles. The van der Waals surface area contributed by atoms with Crippen molar-refractivity contribution in [3.05, 3.63) is 29.3 Å². The first-order chi connectivity index (χ1) is 6.66. The van der Waals surface area contributed by atoms with Crippen molar-refractivity contribution in [2.75, 3.05) is 18.0 Å². The van der Waals surface area contributed by atoms with Crippen molar-refractivity contribution in [3.63, 3.8) is 0 Å². The third-order valence-electron chi connectivity index (χ3n) is 3.02. The summed E-state index contributed by atoms with van der Waals surface area (Å²) in [6, 6.07) is 6.49. The minimum atomic E-state index is -0.142. The zero-order chi connectivity index (χ0) is 10.1. The van der Waals surface area contributed by atoms with Gasteiger partial charge in [-0.1, -0.05) is 6.07 Å². The second-order valence-electron chi connectivity index (χ2n) is 4.16. The van der Waals surface area contributed by atoms with Crippen molar-refractivity contribution in [1.82, 2.24) is 0 Å². The quantitative estimate of drug-likeness (QED) is 0.732. The lowest BCUT2D eigenvalue weighted by atomic mass is 10.1. The van der Waals surface area contributed by atoms with E-state index in [4.69, 9.17) is 0 Å². The summed E-state index contributed by atoms with van der Waals surface area (Å²) >= 11 is 0. The fraction of sp³-hybridized carbons (Fsp3) is 0.500. The zero-order valence-corrected chi connectivity index (χ0v) is 8.83. The topological polar surface area (TPSA) is 23.5 Å². The molecule has 0 amide bonds. The maximum atomic E-state index is 9.44. The summed E-state index contributed by atoms with van der Waals surface area (Å²) in [6.45, 7) is 6.01. The van der Waals surface area contributed by atoms with Crippen LogP contribution in [0, 0.1) is 13.8 Å². The molecule has 0 saturated carbocycles. The van der Waals surface area contributed by atoms with E-state index in [1.807, 2.05) is 0 Å². The predicted octanol–water partition coefficient (Wildman–Crippen LogP) is 1.87. The molecule has 1 N–H and O–H groups in total. The fourth-order valence-electron chi connectivity index (χ4n) is 1.90. The third kappa shape index (κ3) is 1.75. The lowest BCUT2D eigenvalue weighted by molar-refractivity contribution is 0.198. The Labute approximate surface area is 85.2 Å². The van der Waals surface area contributed by atoms with E-state index in [-0.39, 0.29) is 6.10 Å². The van der Waals surface area contributed by atoms with Gasteiger partial charge in [-0.05, 0) is 43.5 Å². The summed E-state index contributed by atoms with van der Waals surface area (Å²) in [5, 5.41) is 9.44. The van der Waals surface area contributed by atoms with E-state index in [1.165, 1.54) is 16.8 Å². The van der Waals surface area contributed by atoms with E-state index >= 15 is 0 Å². The monoisotopic (exact) mass is 191 g/mol. The Kier molecular flexibility index (Phi) is 2.46. The zero-order valence-electron chi connectivity index (χ0n) is 8.83. The number of benzene rings is 1. The summed E-state index contributed by atoms with van der Waals surface area (Å²) in [5.41, 5.74) is 3.89. The highest BCUT2D eigenvalue weighted by Gasteiger charge is 2.20. The number of aliphatic hydroxyl groups excluding tert-OH is 1. The third-order valence-corrected chi connectivity index (χ3v) is 3.02. The number of nitrogens with zero attached hydrogens (tertiary/aromatic N) is 1.